The van der Waals surface area contributed by atoms with Crippen molar-refractivity contribution < 1.29 is 8.42 Å². The molecule has 20 heavy (non-hydrogen) atoms. The van der Waals surface area contributed by atoms with Gasteiger partial charge in [-0.2, -0.15) is 0 Å². The van der Waals surface area contributed by atoms with Crippen molar-refractivity contribution in [2.75, 3.05) is 11.1 Å². The third-order valence-electron chi connectivity index (χ3n) is 2.94. The number of hydrogen-bond donors (Lipinski definition) is 3. The van der Waals surface area contributed by atoms with Crippen LogP contribution in [-0.2, 0) is 10.0 Å². The zero-order chi connectivity index (χ0) is 14.8. The molecule has 1 atom stereocenters. The number of rotatable bonds is 5. The monoisotopic (exact) mass is 311 g/mol. The average molecular weight is 311 g/mol. The summed E-state index contributed by atoms with van der Waals surface area (Å²) in [6, 6.07) is 8.69. The Morgan fingerprint density at radius 1 is 1.35 bits per heavy atom. The number of benzene rings is 1. The molecule has 2 rings (SSSR count). The van der Waals surface area contributed by atoms with Crippen LogP contribution in [0.3, 0.4) is 0 Å². The van der Waals surface area contributed by atoms with Gasteiger partial charge in [-0.05, 0) is 36.1 Å². The summed E-state index contributed by atoms with van der Waals surface area (Å²) in [6.07, 6.45) is 0.828. The van der Waals surface area contributed by atoms with Gasteiger partial charge in [0.25, 0.3) is 0 Å². The van der Waals surface area contributed by atoms with E-state index in [9.17, 15) is 8.42 Å². The molecule has 0 bridgehead atoms. The van der Waals surface area contributed by atoms with Gasteiger partial charge in [0.2, 0.25) is 10.0 Å². The van der Waals surface area contributed by atoms with Gasteiger partial charge in [-0.3, -0.25) is 0 Å². The van der Waals surface area contributed by atoms with Crippen molar-refractivity contribution in [2.24, 2.45) is 5.14 Å². The smallest absolute Gasteiger partial charge is 0.240 e. The van der Waals surface area contributed by atoms with E-state index in [4.69, 9.17) is 10.9 Å². The van der Waals surface area contributed by atoms with E-state index >= 15 is 0 Å². The summed E-state index contributed by atoms with van der Waals surface area (Å²) in [5, 5.41) is 10.5. The first-order chi connectivity index (χ1) is 9.41. The fraction of sp³-hybridized carbons (Fsp3) is 0.231. The maximum atomic E-state index is 11.6. The van der Waals surface area contributed by atoms with Crippen LogP contribution >= 0.6 is 11.3 Å². The summed E-state index contributed by atoms with van der Waals surface area (Å²) < 4.78 is 23.3. The molecule has 0 fully saturated rings. The second-order valence-electron chi connectivity index (χ2n) is 4.42. The van der Waals surface area contributed by atoms with Crippen LogP contribution in [0.2, 0.25) is 0 Å². The van der Waals surface area contributed by atoms with Gasteiger partial charge in [-0.1, -0.05) is 13.0 Å². The van der Waals surface area contributed by atoms with E-state index in [2.05, 4.69) is 5.32 Å². The molecule has 1 aromatic heterocycles. The lowest BCUT2D eigenvalue weighted by atomic mass is 10.1. The lowest BCUT2D eigenvalue weighted by Crippen LogP contribution is -2.17. The number of nitrogens with one attached hydrogen (secondary N) is 1. The molecule has 0 saturated heterocycles. The van der Waals surface area contributed by atoms with Crippen LogP contribution in [0.25, 0.3) is 0 Å². The summed E-state index contributed by atoms with van der Waals surface area (Å²) in [7, 11) is -3.82. The van der Waals surface area contributed by atoms with Crippen LogP contribution in [0.15, 0.2) is 40.6 Å². The first kappa shape index (κ1) is 14.8. The number of anilines is 2. The summed E-state index contributed by atoms with van der Waals surface area (Å²) in [5.74, 6) is 0. The lowest BCUT2D eigenvalue weighted by Gasteiger charge is -2.19. The van der Waals surface area contributed by atoms with Crippen molar-refractivity contribution in [1.82, 2.24) is 0 Å². The summed E-state index contributed by atoms with van der Waals surface area (Å²) >= 11 is 1.62. The number of hydrogen-bond acceptors (Lipinski definition) is 5. The van der Waals surface area contributed by atoms with Gasteiger partial charge in [0.05, 0.1) is 11.7 Å². The van der Waals surface area contributed by atoms with Crippen molar-refractivity contribution in [3.63, 3.8) is 0 Å². The maximum Gasteiger partial charge on any atom is 0.240 e. The molecule has 0 saturated carbocycles. The molecule has 0 aliphatic rings. The molecule has 5 N–H and O–H groups in total. The number of nitrogen functional groups attached to an aromatic ring is 1. The molecule has 1 heterocycles. The minimum absolute atomic E-state index is 0.0208. The molecule has 1 unspecified atom stereocenters. The molecule has 0 radical (unpaired) electrons. The zero-order valence-electron chi connectivity index (χ0n) is 11.0. The van der Waals surface area contributed by atoms with E-state index in [0.717, 1.165) is 11.3 Å². The van der Waals surface area contributed by atoms with Gasteiger partial charge >= 0.3 is 0 Å². The Morgan fingerprint density at radius 2 is 2.10 bits per heavy atom. The van der Waals surface area contributed by atoms with Crippen molar-refractivity contribution in [3.05, 3.63) is 40.6 Å². The number of primary sulfonamides is 1. The Hall–Kier alpha value is -1.57. The predicted octanol–water partition coefficient (Wildman–Crippen LogP) is 2.54. The largest absolute Gasteiger partial charge is 0.399 e. The first-order valence-corrected chi connectivity index (χ1v) is 8.56. The molecule has 0 spiro atoms. The van der Waals surface area contributed by atoms with Gasteiger partial charge in [0, 0.05) is 10.6 Å². The fourth-order valence-corrected chi connectivity index (χ4v) is 3.54. The summed E-state index contributed by atoms with van der Waals surface area (Å²) in [5.41, 5.74) is 6.47. The van der Waals surface area contributed by atoms with Gasteiger partial charge in [-0.15, -0.1) is 11.3 Å². The number of nitrogens with two attached hydrogens (primary N) is 2. The molecule has 5 nitrogen and oxygen atoms in total. The Balaban J connectivity index is 2.38. The molecule has 0 amide bonds. The molecule has 7 heteroatoms. The number of sulfonamides is 1. The molecule has 0 aliphatic carbocycles. The zero-order valence-corrected chi connectivity index (χ0v) is 12.7. The minimum atomic E-state index is -3.82. The second kappa shape index (κ2) is 5.82. The molecular weight excluding hydrogens is 294 g/mol. The number of thiophene rings is 1. The van der Waals surface area contributed by atoms with Crippen LogP contribution in [0.4, 0.5) is 11.4 Å². The van der Waals surface area contributed by atoms with Crippen molar-refractivity contribution >= 4 is 32.7 Å². The highest BCUT2D eigenvalue weighted by atomic mass is 32.2. The average Bonchev–Trinajstić information content (AvgIpc) is 2.90. The minimum Gasteiger partial charge on any atom is -0.399 e. The lowest BCUT2D eigenvalue weighted by molar-refractivity contribution is 0.598. The van der Waals surface area contributed by atoms with Crippen LogP contribution < -0.4 is 16.2 Å². The van der Waals surface area contributed by atoms with Crippen molar-refractivity contribution in [2.45, 2.75) is 24.3 Å². The quantitative estimate of drug-likeness (QED) is 0.739. The van der Waals surface area contributed by atoms with Gasteiger partial charge < -0.3 is 11.1 Å². The highest BCUT2D eigenvalue weighted by molar-refractivity contribution is 7.89. The van der Waals surface area contributed by atoms with Gasteiger partial charge in [-0.25, -0.2) is 13.6 Å². The van der Waals surface area contributed by atoms with Crippen LogP contribution in [0.1, 0.15) is 24.3 Å². The van der Waals surface area contributed by atoms with Crippen molar-refractivity contribution in [3.8, 4) is 0 Å². The SMILES string of the molecule is CCC(Nc1ccc(N)cc1S(N)(=O)=O)c1cccs1. The Labute approximate surface area is 122 Å². The standard InChI is InChI=1S/C13H17N3O2S2/c1-2-10(12-4-3-7-19-12)16-11-6-5-9(14)8-13(11)20(15,17)18/h3-8,10,16H,2,14H2,1H3,(H2,15,17,18). The maximum absolute atomic E-state index is 11.6. The van der Waals surface area contributed by atoms with Crippen LogP contribution in [0, 0.1) is 0 Å². The molecule has 0 aliphatic heterocycles. The molecular formula is C13H17N3O2S2. The predicted molar refractivity (Wildman–Crippen MR) is 83.2 cm³/mol. The molecule has 108 valence electrons. The van der Waals surface area contributed by atoms with Crippen LogP contribution in [0.5, 0.6) is 0 Å². The van der Waals surface area contributed by atoms with E-state index in [1.165, 1.54) is 6.07 Å². The van der Waals surface area contributed by atoms with Crippen LogP contribution in [-0.4, -0.2) is 8.42 Å². The fourth-order valence-electron chi connectivity index (χ4n) is 1.95. The molecule has 2 aromatic rings. The van der Waals surface area contributed by atoms with E-state index < -0.39 is 10.0 Å². The van der Waals surface area contributed by atoms with Gasteiger partial charge in [0.15, 0.2) is 0 Å². The van der Waals surface area contributed by atoms with Gasteiger partial charge in [0.1, 0.15) is 4.90 Å². The van der Waals surface area contributed by atoms with E-state index in [-0.39, 0.29) is 10.9 Å². The Bertz CT molecular complexity index is 682. The second-order valence-corrected chi connectivity index (χ2v) is 6.93. The third-order valence-corrected chi connectivity index (χ3v) is 4.87. The summed E-state index contributed by atoms with van der Waals surface area (Å²) in [6.45, 7) is 2.03. The highest BCUT2D eigenvalue weighted by Gasteiger charge is 2.18. The topological polar surface area (TPSA) is 98.2 Å². The summed E-state index contributed by atoms with van der Waals surface area (Å²) in [4.78, 5) is 1.16. The molecule has 1 aromatic carbocycles. The van der Waals surface area contributed by atoms with E-state index in [1.807, 2.05) is 24.4 Å². The Morgan fingerprint density at radius 3 is 2.65 bits per heavy atom. The highest BCUT2D eigenvalue weighted by Crippen LogP contribution is 2.30. The Kier molecular flexibility index (Phi) is 4.32. The normalized spacial score (nSPS) is 13.1. The van der Waals surface area contributed by atoms with Crippen molar-refractivity contribution in [1.29, 1.82) is 0 Å². The first-order valence-electron chi connectivity index (χ1n) is 6.14. The van der Waals surface area contributed by atoms with E-state index in [1.54, 1.807) is 23.5 Å². The van der Waals surface area contributed by atoms with E-state index in [0.29, 0.717) is 11.4 Å². The third kappa shape index (κ3) is 3.30.